The van der Waals surface area contributed by atoms with Gasteiger partial charge in [-0.05, 0) is 45.1 Å². The summed E-state index contributed by atoms with van der Waals surface area (Å²) in [6.07, 6.45) is 10.2. The molecule has 90 valence electrons. The normalized spacial score (nSPS) is 19.8. The maximum atomic E-state index is 4.53. The van der Waals surface area contributed by atoms with Gasteiger partial charge in [0.1, 0.15) is 12.1 Å². The second kappa shape index (κ2) is 4.47. The summed E-state index contributed by atoms with van der Waals surface area (Å²) in [5, 5.41) is 0. The summed E-state index contributed by atoms with van der Waals surface area (Å²) in [5.74, 6) is 1.19. The Labute approximate surface area is 103 Å². The van der Waals surface area contributed by atoms with Crippen LogP contribution in [0.15, 0.2) is 11.9 Å². The third kappa shape index (κ3) is 2.06. The van der Waals surface area contributed by atoms with Crippen molar-refractivity contribution in [2.45, 2.75) is 39.0 Å². The van der Waals surface area contributed by atoms with Crippen molar-refractivity contribution in [2.24, 2.45) is 0 Å². The molecule has 0 unspecified atom stereocenters. The van der Waals surface area contributed by atoms with Gasteiger partial charge in [-0.2, -0.15) is 0 Å². The van der Waals surface area contributed by atoms with Crippen LogP contribution < -0.4 is 4.90 Å². The molecule has 0 radical (unpaired) electrons. The summed E-state index contributed by atoms with van der Waals surface area (Å²) in [7, 11) is 0. The number of allylic oxidation sites excluding steroid dienone is 1. The predicted octanol–water partition coefficient (Wildman–Crippen LogP) is 2.82. The summed E-state index contributed by atoms with van der Waals surface area (Å²) in [4.78, 5) is 11.4. The minimum atomic E-state index is 1.10. The second-order valence-electron chi connectivity index (χ2n) is 5.10. The van der Waals surface area contributed by atoms with Crippen molar-refractivity contribution in [1.82, 2.24) is 9.97 Å². The molecule has 0 aromatic carbocycles. The summed E-state index contributed by atoms with van der Waals surface area (Å²) in [6, 6.07) is 0. The Balaban J connectivity index is 1.97. The lowest BCUT2D eigenvalue weighted by atomic mass is 9.96. The molecule has 3 nitrogen and oxygen atoms in total. The molecule has 1 aromatic heterocycles. The first kappa shape index (κ1) is 10.8. The molecular formula is C14H19N3. The van der Waals surface area contributed by atoms with E-state index in [1.165, 1.54) is 36.2 Å². The maximum Gasteiger partial charge on any atom is 0.135 e. The lowest BCUT2D eigenvalue weighted by Gasteiger charge is -2.30. The van der Waals surface area contributed by atoms with E-state index in [1.807, 2.05) is 0 Å². The van der Waals surface area contributed by atoms with E-state index in [2.05, 4.69) is 27.9 Å². The molecular weight excluding hydrogens is 210 g/mol. The van der Waals surface area contributed by atoms with Gasteiger partial charge in [0.25, 0.3) is 0 Å². The van der Waals surface area contributed by atoms with Crippen LogP contribution in [-0.4, -0.2) is 23.1 Å². The van der Waals surface area contributed by atoms with E-state index in [-0.39, 0.29) is 0 Å². The van der Waals surface area contributed by atoms with Gasteiger partial charge < -0.3 is 4.90 Å². The highest BCUT2D eigenvalue weighted by molar-refractivity contribution is 5.63. The molecule has 1 fully saturated rings. The molecule has 0 N–H and O–H groups in total. The fraction of sp³-hybridized carbons (Fsp3) is 0.571. The Morgan fingerprint density at radius 2 is 1.88 bits per heavy atom. The van der Waals surface area contributed by atoms with Crippen LogP contribution in [0.25, 0.3) is 6.08 Å². The highest BCUT2D eigenvalue weighted by atomic mass is 15.2. The van der Waals surface area contributed by atoms with E-state index < -0.39 is 0 Å². The van der Waals surface area contributed by atoms with Gasteiger partial charge in [-0.3, -0.25) is 0 Å². The van der Waals surface area contributed by atoms with Gasteiger partial charge in [0.05, 0.1) is 5.69 Å². The van der Waals surface area contributed by atoms with Crippen molar-refractivity contribution >= 4 is 11.9 Å². The van der Waals surface area contributed by atoms with Crippen LogP contribution in [0.3, 0.4) is 0 Å². The highest BCUT2D eigenvalue weighted by Crippen LogP contribution is 2.29. The third-order valence-electron chi connectivity index (χ3n) is 3.76. The lowest BCUT2D eigenvalue weighted by molar-refractivity contribution is 0.570. The van der Waals surface area contributed by atoms with Gasteiger partial charge in [-0.25, -0.2) is 9.97 Å². The van der Waals surface area contributed by atoms with E-state index in [9.17, 15) is 0 Å². The van der Waals surface area contributed by atoms with Crippen LogP contribution in [0.2, 0.25) is 0 Å². The summed E-state index contributed by atoms with van der Waals surface area (Å²) in [6.45, 7) is 4.50. The van der Waals surface area contributed by atoms with Crippen LogP contribution in [0, 0.1) is 0 Å². The molecule has 2 heterocycles. The molecule has 3 heteroatoms. The number of hydrogen-bond donors (Lipinski definition) is 0. The molecule has 2 aliphatic rings. The van der Waals surface area contributed by atoms with Crippen LogP contribution in [0.4, 0.5) is 5.82 Å². The highest BCUT2D eigenvalue weighted by Gasteiger charge is 2.20. The lowest BCUT2D eigenvalue weighted by Crippen LogP contribution is -2.31. The number of fused-ring (bicyclic) bond motifs is 1. The zero-order valence-electron chi connectivity index (χ0n) is 10.4. The van der Waals surface area contributed by atoms with Crippen LogP contribution in [0.5, 0.6) is 0 Å². The molecule has 3 rings (SSSR count). The first-order valence-corrected chi connectivity index (χ1v) is 6.60. The first-order chi connectivity index (χ1) is 8.34. The number of nitrogens with zero attached hydrogens (tertiary/aromatic N) is 3. The maximum absolute atomic E-state index is 4.53. The van der Waals surface area contributed by atoms with E-state index in [4.69, 9.17) is 0 Å². The predicted molar refractivity (Wildman–Crippen MR) is 70.1 cm³/mol. The molecule has 1 aliphatic heterocycles. The Morgan fingerprint density at radius 1 is 1.06 bits per heavy atom. The van der Waals surface area contributed by atoms with E-state index >= 15 is 0 Å². The van der Waals surface area contributed by atoms with Gasteiger partial charge in [-0.1, -0.05) is 5.57 Å². The summed E-state index contributed by atoms with van der Waals surface area (Å²) >= 11 is 0. The van der Waals surface area contributed by atoms with Crippen LogP contribution in [-0.2, 0) is 6.42 Å². The largest absolute Gasteiger partial charge is 0.356 e. The molecule has 1 aliphatic carbocycles. The fourth-order valence-electron chi connectivity index (χ4n) is 2.79. The molecule has 0 atom stereocenters. The average Bonchev–Trinajstić information content (AvgIpc) is 2.39. The first-order valence-electron chi connectivity index (χ1n) is 6.60. The van der Waals surface area contributed by atoms with Gasteiger partial charge in [0, 0.05) is 18.7 Å². The van der Waals surface area contributed by atoms with Crippen molar-refractivity contribution in [3.05, 3.63) is 23.2 Å². The summed E-state index contributed by atoms with van der Waals surface area (Å²) < 4.78 is 0. The van der Waals surface area contributed by atoms with Crippen molar-refractivity contribution in [3.8, 4) is 0 Å². The standard InChI is InChI=1S/C14H19N3/c1-11-5-6-12-13(9-11)15-10-16-14(12)17-7-3-2-4-8-17/h9-10H,2-8H2,1H3. The van der Waals surface area contributed by atoms with Crippen LogP contribution >= 0.6 is 0 Å². The van der Waals surface area contributed by atoms with Crippen molar-refractivity contribution < 1.29 is 0 Å². The quantitative estimate of drug-likeness (QED) is 0.741. The van der Waals surface area contributed by atoms with Crippen molar-refractivity contribution in [1.29, 1.82) is 0 Å². The average molecular weight is 229 g/mol. The molecule has 0 amide bonds. The fourth-order valence-corrected chi connectivity index (χ4v) is 2.79. The van der Waals surface area contributed by atoms with Gasteiger partial charge in [0.2, 0.25) is 0 Å². The third-order valence-corrected chi connectivity index (χ3v) is 3.76. The van der Waals surface area contributed by atoms with Gasteiger partial charge in [-0.15, -0.1) is 0 Å². The number of aromatic nitrogens is 2. The van der Waals surface area contributed by atoms with E-state index in [1.54, 1.807) is 6.33 Å². The topological polar surface area (TPSA) is 29.0 Å². The zero-order chi connectivity index (χ0) is 11.7. The van der Waals surface area contributed by atoms with Gasteiger partial charge in [0.15, 0.2) is 0 Å². The number of rotatable bonds is 1. The summed E-state index contributed by atoms with van der Waals surface area (Å²) in [5.41, 5.74) is 3.94. The second-order valence-corrected chi connectivity index (χ2v) is 5.10. The molecule has 0 saturated carbocycles. The molecule has 0 bridgehead atoms. The SMILES string of the molecule is CC1=Cc2ncnc(N3CCCCC3)c2CC1. The number of piperidine rings is 1. The van der Waals surface area contributed by atoms with Crippen LogP contribution in [0.1, 0.15) is 43.9 Å². The minimum absolute atomic E-state index is 1.10. The Morgan fingerprint density at radius 3 is 2.71 bits per heavy atom. The molecule has 0 spiro atoms. The number of hydrogen-bond acceptors (Lipinski definition) is 3. The van der Waals surface area contributed by atoms with Crippen molar-refractivity contribution in [3.63, 3.8) is 0 Å². The monoisotopic (exact) mass is 229 g/mol. The molecule has 1 saturated heterocycles. The van der Waals surface area contributed by atoms with Crippen molar-refractivity contribution in [2.75, 3.05) is 18.0 Å². The zero-order valence-corrected chi connectivity index (χ0v) is 10.4. The Hall–Kier alpha value is -1.38. The minimum Gasteiger partial charge on any atom is -0.356 e. The molecule has 1 aromatic rings. The van der Waals surface area contributed by atoms with Gasteiger partial charge >= 0.3 is 0 Å². The van der Waals surface area contributed by atoms with E-state index in [0.29, 0.717) is 0 Å². The number of anilines is 1. The molecule has 17 heavy (non-hydrogen) atoms. The Kier molecular flexibility index (Phi) is 2.83. The van der Waals surface area contributed by atoms with E-state index in [0.717, 1.165) is 31.6 Å². The smallest absolute Gasteiger partial charge is 0.135 e. The Bertz CT molecular complexity index is 445.